The second-order valence-electron chi connectivity index (χ2n) is 4.86. The van der Waals surface area contributed by atoms with Crippen molar-refractivity contribution in [1.82, 2.24) is 4.90 Å². The van der Waals surface area contributed by atoms with Gasteiger partial charge in [0.05, 0.1) is 0 Å². The number of carbonyl (C=O) groups is 1. The van der Waals surface area contributed by atoms with Gasteiger partial charge in [-0.1, -0.05) is 26.7 Å². The first-order chi connectivity index (χ1) is 8.32. The fraction of sp³-hybridized carbons (Fsp3) is 0.917. The fourth-order valence-electron chi connectivity index (χ4n) is 2.36. The molecule has 1 rings (SSSR count). The summed E-state index contributed by atoms with van der Waals surface area (Å²) in [6.07, 6.45) is -1.57. The highest BCUT2D eigenvalue weighted by molar-refractivity contribution is 5.67. The van der Waals surface area contributed by atoms with Gasteiger partial charge in [0, 0.05) is 13.1 Å². The number of carbonyl (C=O) groups excluding carboxylic acids is 1. The zero-order chi connectivity index (χ0) is 13.8. The monoisotopic (exact) mass is 267 g/mol. The molecule has 0 aliphatic carbocycles. The smallest absolute Gasteiger partial charge is 0.422 e. The molecule has 1 aliphatic rings. The molecule has 0 aromatic carbocycles. The molecule has 0 N–H and O–H groups in total. The van der Waals surface area contributed by atoms with E-state index in [4.69, 9.17) is 0 Å². The number of amides is 1. The molecule has 0 aromatic heterocycles. The Morgan fingerprint density at radius 1 is 1.22 bits per heavy atom. The second-order valence-corrected chi connectivity index (χ2v) is 4.86. The molecule has 0 bridgehead atoms. The summed E-state index contributed by atoms with van der Waals surface area (Å²) in [5.41, 5.74) is 0.237. The Kier molecular flexibility index (Phi) is 4.87. The summed E-state index contributed by atoms with van der Waals surface area (Å²) in [5, 5.41) is 0. The van der Waals surface area contributed by atoms with Crippen molar-refractivity contribution in [1.29, 1.82) is 0 Å². The molecule has 1 aliphatic heterocycles. The van der Waals surface area contributed by atoms with Gasteiger partial charge in [0.25, 0.3) is 0 Å². The Hall–Kier alpha value is -0.940. The first kappa shape index (κ1) is 15.1. The summed E-state index contributed by atoms with van der Waals surface area (Å²) >= 11 is 0. The van der Waals surface area contributed by atoms with Crippen molar-refractivity contribution in [2.75, 3.05) is 19.7 Å². The minimum atomic E-state index is -4.46. The number of rotatable bonds is 3. The lowest BCUT2D eigenvalue weighted by Gasteiger charge is -2.40. The average molecular weight is 267 g/mol. The Bertz CT molecular complexity index is 278. The fourth-order valence-corrected chi connectivity index (χ4v) is 2.36. The van der Waals surface area contributed by atoms with Crippen molar-refractivity contribution in [2.45, 2.75) is 45.7 Å². The van der Waals surface area contributed by atoms with Gasteiger partial charge in [-0.25, -0.2) is 4.79 Å². The minimum absolute atomic E-state index is 0.237. The summed E-state index contributed by atoms with van der Waals surface area (Å²) < 4.78 is 40.0. The number of nitrogens with zero attached hydrogens (tertiary/aromatic N) is 1. The van der Waals surface area contributed by atoms with Crippen molar-refractivity contribution in [3.63, 3.8) is 0 Å². The molecule has 0 saturated carbocycles. The van der Waals surface area contributed by atoms with E-state index in [9.17, 15) is 18.0 Å². The van der Waals surface area contributed by atoms with Gasteiger partial charge in [-0.05, 0) is 18.3 Å². The third kappa shape index (κ3) is 4.07. The molecule has 1 heterocycles. The van der Waals surface area contributed by atoms with Crippen LogP contribution in [-0.4, -0.2) is 36.9 Å². The lowest BCUT2D eigenvalue weighted by Crippen LogP contribution is -2.43. The predicted octanol–water partition coefficient (Wildman–Crippen LogP) is 3.59. The van der Waals surface area contributed by atoms with Crippen molar-refractivity contribution in [2.24, 2.45) is 5.41 Å². The number of ether oxygens (including phenoxy) is 1. The zero-order valence-electron chi connectivity index (χ0n) is 10.8. The van der Waals surface area contributed by atoms with Crippen LogP contribution in [0.2, 0.25) is 0 Å². The summed E-state index contributed by atoms with van der Waals surface area (Å²) in [4.78, 5) is 12.8. The number of hydrogen-bond donors (Lipinski definition) is 0. The van der Waals surface area contributed by atoms with E-state index in [1.165, 1.54) is 4.90 Å². The van der Waals surface area contributed by atoms with Crippen LogP contribution in [0, 0.1) is 5.41 Å². The van der Waals surface area contributed by atoms with Crippen LogP contribution >= 0.6 is 0 Å². The van der Waals surface area contributed by atoms with Gasteiger partial charge in [-0.2, -0.15) is 13.2 Å². The van der Waals surface area contributed by atoms with Crippen molar-refractivity contribution >= 4 is 6.09 Å². The van der Waals surface area contributed by atoms with Gasteiger partial charge in [-0.3, -0.25) is 0 Å². The largest absolute Gasteiger partial charge is 0.440 e. The molecule has 0 aromatic rings. The van der Waals surface area contributed by atoms with E-state index in [0.29, 0.717) is 13.1 Å². The van der Waals surface area contributed by atoms with Gasteiger partial charge >= 0.3 is 12.3 Å². The Balaban J connectivity index is 2.41. The van der Waals surface area contributed by atoms with E-state index < -0.39 is 18.9 Å². The highest BCUT2D eigenvalue weighted by Crippen LogP contribution is 2.38. The SMILES string of the molecule is CCC1(CC)CCN(C(=O)OCC(F)(F)F)CC1. The molecule has 3 nitrogen and oxygen atoms in total. The first-order valence-electron chi connectivity index (χ1n) is 6.30. The normalized spacial score (nSPS) is 19.7. The minimum Gasteiger partial charge on any atom is -0.440 e. The second kappa shape index (κ2) is 5.80. The number of alkyl halides is 3. The van der Waals surface area contributed by atoms with Crippen LogP contribution in [0.15, 0.2) is 0 Å². The van der Waals surface area contributed by atoms with Gasteiger partial charge in [0.15, 0.2) is 6.61 Å². The van der Waals surface area contributed by atoms with E-state index >= 15 is 0 Å². The molecule has 0 spiro atoms. The summed E-state index contributed by atoms with van der Waals surface area (Å²) in [6.45, 7) is 3.69. The summed E-state index contributed by atoms with van der Waals surface area (Å²) in [7, 11) is 0. The maximum Gasteiger partial charge on any atom is 0.422 e. The quantitative estimate of drug-likeness (QED) is 0.782. The van der Waals surface area contributed by atoms with Crippen molar-refractivity contribution < 1.29 is 22.7 Å². The molecule has 0 unspecified atom stereocenters. The van der Waals surface area contributed by atoms with E-state index in [-0.39, 0.29) is 5.41 Å². The van der Waals surface area contributed by atoms with Crippen LogP contribution in [0.4, 0.5) is 18.0 Å². The van der Waals surface area contributed by atoms with E-state index in [0.717, 1.165) is 25.7 Å². The number of piperidine rings is 1. The summed E-state index contributed by atoms with van der Waals surface area (Å²) in [6, 6.07) is 0. The molecule has 1 fully saturated rings. The van der Waals surface area contributed by atoms with E-state index in [1.54, 1.807) is 0 Å². The maximum absolute atomic E-state index is 11.9. The molecule has 0 atom stereocenters. The molecular weight excluding hydrogens is 247 g/mol. The van der Waals surface area contributed by atoms with Gasteiger partial charge in [0.2, 0.25) is 0 Å². The topological polar surface area (TPSA) is 29.5 Å². The van der Waals surface area contributed by atoms with Crippen LogP contribution in [0.25, 0.3) is 0 Å². The third-order valence-corrected chi connectivity index (χ3v) is 3.94. The molecular formula is C12H20F3NO2. The zero-order valence-corrected chi connectivity index (χ0v) is 10.8. The van der Waals surface area contributed by atoms with Crippen molar-refractivity contribution in [3.8, 4) is 0 Å². The standard InChI is InChI=1S/C12H20F3NO2/c1-3-11(4-2)5-7-16(8-6-11)10(17)18-9-12(13,14)15/h3-9H2,1-2H3. The molecule has 6 heteroatoms. The van der Waals surface area contributed by atoms with E-state index in [2.05, 4.69) is 18.6 Å². The van der Waals surface area contributed by atoms with Crippen LogP contribution in [0.1, 0.15) is 39.5 Å². The Morgan fingerprint density at radius 3 is 2.11 bits per heavy atom. The predicted molar refractivity (Wildman–Crippen MR) is 61.2 cm³/mol. The number of hydrogen-bond acceptors (Lipinski definition) is 2. The van der Waals surface area contributed by atoms with Crippen molar-refractivity contribution in [3.05, 3.63) is 0 Å². The Labute approximate surface area is 105 Å². The molecule has 106 valence electrons. The highest BCUT2D eigenvalue weighted by atomic mass is 19.4. The van der Waals surface area contributed by atoms with Crippen LogP contribution < -0.4 is 0 Å². The van der Waals surface area contributed by atoms with Crippen LogP contribution in [0.3, 0.4) is 0 Å². The highest BCUT2D eigenvalue weighted by Gasteiger charge is 2.35. The lowest BCUT2D eigenvalue weighted by atomic mass is 9.74. The number of halogens is 3. The average Bonchev–Trinajstić information content (AvgIpc) is 2.35. The van der Waals surface area contributed by atoms with Gasteiger partial charge < -0.3 is 9.64 Å². The lowest BCUT2D eigenvalue weighted by molar-refractivity contribution is -0.162. The van der Waals surface area contributed by atoms with Gasteiger partial charge in [0.1, 0.15) is 0 Å². The third-order valence-electron chi connectivity index (χ3n) is 3.94. The van der Waals surface area contributed by atoms with Crippen LogP contribution in [-0.2, 0) is 4.74 Å². The van der Waals surface area contributed by atoms with E-state index in [1.807, 2.05) is 0 Å². The summed E-state index contributed by atoms with van der Waals surface area (Å²) in [5.74, 6) is 0. The molecule has 18 heavy (non-hydrogen) atoms. The maximum atomic E-state index is 11.9. The number of likely N-dealkylation sites (tertiary alicyclic amines) is 1. The van der Waals surface area contributed by atoms with Crippen LogP contribution in [0.5, 0.6) is 0 Å². The molecule has 1 saturated heterocycles. The Morgan fingerprint density at radius 2 is 1.72 bits per heavy atom. The first-order valence-corrected chi connectivity index (χ1v) is 6.30. The molecule has 0 radical (unpaired) electrons. The molecule has 1 amide bonds. The van der Waals surface area contributed by atoms with Gasteiger partial charge in [-0.15, -0.1) is 0 Å².